The zero-order chi connectivity index (χ0) is 13.8. The van der Waals surface area contributed by atoms with E-state index in [9.17, 15) is 5.11 Å². The first-order valence-electron chi connectivity index (χ1n) is 6.50. The Hall–Kier alpha value is -1.87. The SMILES string of the molecule is Cc1cc(CN[C@@H](C)c2ccncc2)cc(C)c1O. The number of nitrogens with zero attached hydrogens (tertiary/aromatic N) is 1. The van der Waals surface area contributed by atoms with Gasteiger partial charge in [-0.25, -0.2) is 0 Å². The summed E-state index contributed by atoms with van der Waals surface area (Å²) in [7, 11) is 0. The molecular formula is C16H20N2O. The zero-order valence-corrected chi connectivity index (χ0v) is 11.6. The first-order chi connectivity index (χ1) is 9.08. The van der Waals surface area contributed by atoms with Crippen molar-refractivity contribution in [2.75, 3.05) is 0 Å². The highest BCUT2D eigenvalue weighted by atomic mass is 16.3. The molecule has 0 saturated carbocycles. The molecule has 0 aliphatic rings. The fraction of sp³-hybridized carbons (Fsp3) is 0.312. The second-order valence-corrected chi connectivity index (χ2v) is 4.96. The number of phenolic OH excluding ortho intramolecular Hbond substituents is 1. The molecule has 0 spiro atoms. The lowest BCUT2D eigenvalue weighted by atomic mass is 10.0. The quantitative estimate of drug-likeness (QED) is 0.882. The van der Waals surface area contributed by atoms with Crippen LogP contribution in [0.4, 0.5) is 0 Å². The predicted molar refractivity (Wildman–Crippen MR) is 77.1 cm³/mol. The standard InChI is InChI=1S/C16H20N2O/c1-11-8-14(9-12(2)16(11)19)10-18-13(3)15-4-6-17-7-5-15/h4-9,13,18-19H,10H2,1-3H3/t13-/m0/s1. The minimum Gasteiger partial charge on any atom is -0.507 e. The van der Waals surface area contributed by atoms with E-state index < -0.39 is 0 Å². The van der Waals surface area contributed by atoms with E-state index >= 15 is 0 Å². The van der Waals surface area contributed by atoms with E-state index in [1.54, 1.807) is 0 Å². The first-order valence-corrected chi connectivity index (χ1v) is 6.50. The summed E-state index contributed by atoms with van der Waals surface area (Å²) in [6.45, 7) is 6.77. The summed E-state index contributed by atoms with van der Waals surface area (Å²) in [5, 5.41) is 13.2. The second-order valence-electron chi connectivity index (χ2n) is 4.96. The number of pyridine rings is 1. The Morgan fingerprint density at radius 2 is 1.74 bits per heavy atom. The number of hydrogen-bond donors (Lipinski definition) is 2. The smallest absolute Gasteiger partial charge is 0.121 e. The number of aromatic hydroxyl groups is 1. The van der Waals surface area contributed by atoms with Gasteiger partial charge in [-0.2, -0.15) is 0 Å². The molecule has 0 aliphatic heterocycles. The van der Waals surface area contributed by atoms with Gasteiger partial charge in [-0.15, -0.1) is 0 Å². The number of hydrogen-bond acceptors (Lipinski definition) is 3. The number of aromatic nitrogens is 1. The molecule has 3 heteroatoms. The van der Waals surface area contributed by atoms with Gasteiger partial charge in [0.05, 0.1) is 0 Å². The summed E-state index contributed by atoms with van der Waals surface area (Å²) >= 11 is 0. The molecule has 2 N–H and O–H groups in total. The summed E-state index contributed by atoms with van der Waals surface area (Å²) in [6, 6.07) is 8.36. The Kier molecular flexibility index (Phi) is 4.17. The van der Waals surface area contributed by atoms with Crippen molar-refractivity contribution < 1.29 is 5.11 Å². The largest absolute Gasteiger partial charge is 0.507 e. The molecule has 2 aromatic rings. The minimum atomic E-state index is 0.275. The van der Waals surface area contributed by atoms with Crippen LogP contribution >= 0.6 is 0 Å². The number of rotatable bonds is 4. The van der Waals surface area contributed by atoms with E-state index in [0.29, 0.717) is 5.75 Å². The van der Waals surface area contributed by atoms with Gasteiger partial charge in [0.1, 0.15) is 5.75 Å². The number of benzene rings is 1. The van der Waals surface area contributed by atoms with Gasteiger partial charge in [-0.1, -0.05) is 12.1 Å². The molecule has 2 rings (SSSR count). The molecule has 0 bridgehead atoms. The summed E-state index contributed by atoms with van der Waals surface area (Å²) in [5.74, 6) is 0.394. The van der Waals surface area contributed by atoms with Gasteiger partial charge in [0.15, 0.2) is 0 Å². The highest BCUT2D eigenvalue weighted by Gasteiger charge is 2.06. The van der Waals surface area contributed by atoms with E-state index in [2.05, 4.69) is 17.2 Å². The van der Waals surface area contributed by atoms with Crippen LogP contribution in [0.1, 0.15) is 35.2 Å². The highest BCUT2D eigenvalue weighted by Crippen LogP contribution is 2.23. The summed E-state index contributed by atoms with van der Waals surface area (Å²) in [5.41, 5.74) is 4.26. The molecule has 1 atom stereocenters. The fourth-order valence-corrected chi connectivity index (χ4v) is 2.19. The number of phenols is 1. The zero-order valence-electron chi connectivity index (χ0n) is 11.6. The molecule has 1 heterocycles. The second kappa shape index (κ2) is 5.85. The molecule has 1 aromatic carbocycles. The van der Waals surface area contributed by atoms with Crippen molar-refractivity contribution in [2.45, 2.75) is 33.4 Å². The van der Waals surface area contributed by atoms with Crippen LogP contribution in [0, 0.1) is 13.8 Å². The molecular weight excluding hydrogens is 236 g/mol. The molecule has 0 fully saturated rings. The van der Waals surface area contributed by atoms with Crippen molar-refractivity contribution in [3.05, 3.63) is 58.9 Å². The van der Waals surface area contributed by atoms with Crippen LogP contribution in [0.2, 0.25) is 0 Å². The highest BCUT2D eigenvalue weighted by molar-refractivity contribution is 5.42. The molecule has 1 aromatic heterocycles. The van der Waals surface area contributed by atoms with Crippen LogP contribution in [0.3, 0.4) is 0 Å². The van der Waals surface area contributed by atoms with Gasteiger partial charge in [-0.3, -0.25) is 4.98 Å². The molecule has 0 unspecified atom stereocenters. The van der Waals surface area contributed by atoms with Crippen molar-refractivity contribution in [1.29, 1.82) is 0 Å². The Labute approximate surface area is 114 Å². The fourth-order valence-electron chi connectivity index (χ4n) is 2.19. The third-order valence-electron chi connectivity index (χ3n) is 3.37. The van der Waals surface area contributed by atoms with Crippen LogP contribution in [0.15, 0.2) is 36.7 Å². The lowest BCUT2D eigenvalue weighted by molar-refractivity contribution is 0.466. The maximum absolute atomic E-state index is 9.76. The van der Waals surface area contributed by atoms with E-state index in [1.165, 1.54) is 11.1 Å². The maximum atomic E-state index is 9.76. The van der Waals surface area contributed by atoms with E-state index in [-0.39, 0.29) is 6.04 Å². The monoisotopic (exact) mass is 256 g/mol. The van der Waals surface area contributed by atoms with Gasteiger partial charge < -0.3 is 10.4 Å². The Morgan fingerprint density at radius 1 is 1.16 bits per heavy atom. The van der Waals surface area contributed by atoms with E-state index in [1.807, 2.05) is 50.5 Å². The molecule has 0 radical (unpaired) electrons. The minimum absolute atomic E-state index is 0.275. The summed E-state index contributed by atoms with van der Waals surface area (Å²) in [4.78, 5) is 4.02. The lowest BCUT2D eigenvalue weighted by Gasteiger charge is -2.15. The van der Waals surface area contributed by atoms with Crippen LogP contribution in [-0.4, -0.2) is 10.1 Å². The molecule has 0 amide bonds. The van der Waals surface area contributed by atoms with Crippen LogP contribution in [0.5, 0.6) is 5.75 Å². The average molecular weight is 256 g/mol. The van der Waals surface area contributed by atoms with Crippen molar-refractivity contribution in [3.8, 4) is 5.75 Å². The van der Waals surface area contributed by atoms with Gasteiger partial charge >= 0.3 is 0 Å². The van der Waals surface area contributed by atoms with Gasteiger partial charge in [0.2, 0.25) is 0 Å². The summed E-state index contributed by atoms with van der Waals surface area (Å²) < 4.78 is 0. The van der Waals surface area contributed by atoms with Crippen molar-refractivity contribution in [3.63, 3.8) is 0 Å². The Balaban J connectivity index is 2.03. The first kappa shape index (κ1) is 13.6. The van der Waals surface area contributed by atoms with Gasteiger partial charge in [0, 0.05) is 25.0 Å². The molecule has 19 heavy (non-hydrogen) atoms. The van der Waals surface area contributed by atoms with E-state index in [4.69, 9.17) is 0 Å². The predicted octanol–water partition coefficient (Wildman–Crippen LogP) is 3.25. The number of nitrogens with one attached hydrogen (secondary N) is 1. The molecule has 0 saturated heterocycles. The number of aryl methyl sites for hydroxylation is 2. The van der Waals surface area contributed by atoms with Crippen LogP contribution in [0.25, 0.3) is 0 Å². The van der Waals surface area contributed by atoms with Crippen molar-refractivity contribution in [1.82, 2.24) is 10.3 Å². The lowest BCUT2D eigenvalue weighted by Crippen LogP contribution is -2.18. The normalized spacial score (nSPS) is 12.4. The molecule has 3 nitrogen and oxygen atoms in total. The van der Waals surface area contributed by atoms with Gasteiger partial charge in [0.25, 0.3) is 0 Å². The van der Waals surface area contributed by atoms with Crippen LogP contribution in [-0.2, 0) is 6.54 Å². The Morgan fingerprint density at radius 3 is 2.32 bits per heavy atom. The van der Waals surface area contributed by atoms with E-state index in [0.717, 1.165) is 17.7 Å². The third-order valence-corrected chi connectivity index (χ3v) is 3.37. The maximum Gasteiger partial charge on any atom is 0.121 e. The van der Waals surface area contributed by atoms with Crippen LogP contribution < -0.4 is 5.32 Å². The Bertz CT molecular complexity index is 529. The van der Waals surface area contributed by atoms with Gasteiger partial charge in [-0.05, 0) is 55.2 Å². The average Bonchev–Trinajstić information content (AvgIpc) is 2.43. The summed E-state index contributed by atoms with van der Waals surface area (Å²) in [6.07, 6.45) is 3.62. The molecule has 0 aliphatic carbocycles. The topological polar surface area (TPSA) is 45.2 Å². The molecule has 100 valence electrons. The van der Waals surface area contributed by atoms with Crippen molar-refractivity contribution in [2.24, 2.45) is 0 Å². The van der Waals surface area contributed by atoms with Crippen molar-refractivity contribution >= 4 is 0 Å². The third kappa shape index (κ3) is 3.32.